The van der Waals surface area contributed by atoms with Gasteiger partial charge in [0.05, 0.1) is 0 Å². The molecule has 0 aromatic heterocycles. The second-order valence-electron chi connectivity index (χ2n) is 4.13. The van der Waals surface area contributed by atoms with Crippen LogP contribution in [-0.4, -0.2) is 13.1 Å². The van der Waals surface area contributed by atoms with Gasteiger partial charge in [0.25, 0.3) is 0 Å². The first-order chi connectivity index (χ1) is 7.08. The van der Waals surface area contributed by atoms with E-state index in [4.69, 9.17) is 0 Å². The van der Waals surface area contributed by atoms with E-state index in [1.54, 1.807) is 6.07 Å². The molecule has 0 saturated heterocycles. The van der Waals surface area contributed by atoms with Gasteiger partial charge >= 0.3 is 0 Å². The molecule has 0 spiro atoms. The van der Waals surface area contributed by atoms with E-state index >= 15 is 0 Å². The molecule has 1 aromatic carbocycles. The van der Waals surface area contributed by atoms with Gasteiger partial charge in [0.15, 0.2) is 0 Å². The minimum Gasteiger partial charge on any atom is -0.316 e. The smallest absolute Gasteiger partial charge is 0.124 e. The average molecular weight is 274 g/mol. The molecule has 84 valence electrons. The molecule has 1 aromatic rings. The highest BCUT2D eigenvalue weighted by atomic mass is 79.9. The van der Waals surface area contributed by atoms with Crippen molar-refractivity contribution in [3.8, 4) is 0 Å². The normalized spacial score (nSPS) is 11.0. The lowest BCUT2D eigenvalue weighted by atomic mass is 10.1. The lowest BCUT2D eigenvalue weighted by Gasteiger charge is -2.07. The van der Waals surface area contributed by atoms with Gasteiger partial charge in [-0.1, -0.05) is 29.8 Å². The molecule has 15 heavy (non-hydrogen) atoms. The van der Waals surface area contributed by atoms with Gasteiger partial charge in [-0.2, -0.15) is 0 Å². The number of rotatable bonds is 5. The average Bonchev–Trinajstić information content (AvgIpc) is 2.10. The second kappa shape index (κ2) is 6.23. The van der Waals surface area contributed by atoms with E-state index in [1.807, 2.05) is 6.07 Å². The monoisotopic (exact) mass is 273 g/mol. The van der Waals surface area contributed by atoms with Crippen LogP contribution in [0.15, 0.2) is 22.7 Å². The van der Waals surface area contributed by atoms with Gasteiger partial charge in [-0.3, -0.25) is 0 Å². The van der Waals surface area contributed by atoms with Crippen molar-refractivity contribution in [2.24, 2.45) is 5.92 Å². The Morgan fingerprint density at radius 1 is 1.33 bits per heavy atom. The number of hydrogen-bond acceptors (Lipinski definition) is 1. The van der Waals surface area contributed by atoms with Crippen LogP contribution in [0.4, 0.5) is 4.39 Å². The van der Waals surface area contributed by atoms with Gasteiger partial charge in [-0.25, -0.2) is 4.39 Å². The molecular formula is C12H17BrFN. The van der Waals surface area contributed by atoms with Crippen LogP contribution in [0.2, 0.25) is 0 Å². The number of halogens is 2. The Morgan fingerprint density at radius 2 is 2.07 bits per heavy atom. The maximum atomic E-state index is 13.0. The summed E-state index contributed by atoms with van der Waals surface area (Å²) in [6.45, 7) is 6.25. The maximum absolute atomic E-state index is 13.0. The molecule has 0 aliphatic rings. The third-order valence-corrected chi connectivity index (χ3v) is 2.52. The molecule has 0 aliphatic heterocycles. The molecule has 1 nitrogen and oxygen atoms in total. The third-order valence-electron chi connectivity index (χ3n) is 2.07. The molecule has 0 saturated carbocycles. The molecule has 1 rings (SSSR count). The number of hydrogen-bond donors (Lipinski definition) is 1. The molecule has 0 radical (unpaired) electrons. The van der Waals surface area contributed by atoms with Crippen molar-refractivity contribution >= 4 is 15.9 Å². The van der Waals surface area contributed by atoms with Gasteiger partial charge < -0.3 is 5.32 Å². The topological polar surface area (TPSA) is 12.0 Å². The lowest BCUT2D eigenvalue weighted by Crippen LogP contribution is -2.22. The predicted molar refractivity (Wildman–Crippen MR) is 65.5 cm³/mol. The Labute approximate surface area is 99.2 Å². The van der Waals surface area contributed by atoms with E-state index in [9.17, 15) is 4.39 Å². The molecule has 0 unspecified atom stereocenters. The van der Waals surface area contributed by atoms with E-state index in [2.05, 4.69) is 35.1 Å². The van der Waals surface area contributed by atoms with Crippen LogP contribution >= 0.6 is 15.9 Å². The molecule has 0 heterocycles. The summed E-state index contributed by atoms with van der Waals surface area (Å²) in [7, 11) is 0. The summed E-state index contributed by atoms with van der Waals surface area (Å²) >= 11 is 3.28. The fourth-order valence-electron chi connectivity index (χ4n) is 1.38. The van der Waals surface area contributed by atoms with E-state index < -0.39 is 0 Å². The van der Waals surface area contributed by atoms with Crippen LogP contribution in [0.3, 0.4) is 0 Å². The van der Waals surface area contributed by atoms with Gasteiger partial charge in [-0.05, 0) is 49.2 Å². The predicted octanol–water partition coefficient (Wildman–Crippen LogP) is 3.38. The van der Waals surface area contributed by atoms with Crippen molar-refractivity contribution in [1.29, 1.82) is 0 Å². The fourth-order valence-corrected chi connectivity index (χ4v) is 1.89. The van der Waals surface area contributed by atoms with Crippen LogP contribution in [0.25, 0.3) is 0 Å². The molecule has 1 N–H and O–H groups in total. The van der Waals surface area contributed by atoms with E-state index in [0.717, 1.165) is 29.5 Å². The number of benzene rings is 1. The summed E-state index contributed by atoms with van der Waals surface area (Å²) in [5.41, 5.74) is 1.03. The molecular weight excluding hydrogens is 257 g/mol. The Bertz CT molecular complexity index is 292. The Kier molecular flexibility index (Phi) is 5.26. The molecule has 3 heteroatoms. The first-order valence-corrected chi connectivity index (χ1v) is 6.03. The van der Waals surface area contributed by atoms with Gasteiger partial charge in [-0.15, -0.1) is 0 Å². The first-order valence-electron chi connectivity index (χ1n) is 5.23. The van der Waals surface area contributed by atoms with Crippen molar-refractivity contribution in [3.63, 3.8) is 0 Å². The Morgan fingerprint density at radius 3 is 2.67 bits per heavy atom. The van der Waals surface area contributed by atoms with Gasteiger partial charge in [0.1, 0.15) is 5.82 Å². The van der Waals surface area contributed by atoms with E-state index in [-0.39, 0.29) is 5.82 Å². The van der Waals surface area contributed by atoms with Gasteiger partial charge in [0.2, 0.25) is 0 Å². The maximum Gasteiger partial charge on any atom is 0.124 e. The molecule has 0 atom stereocenters. The highest BCUT2D eigenvalue weighted by Gasteiger charge is 1.99. The van der Waals surface area contributed by atoms with Gasteiger partial charge in [0, 0.05) is 4.47 Å². The minimum atomic E-state index is -0.178. The Hall–Kier alpha value is -0.410. The van der Waals surface area contributed by atoms with Crippen molar-refractivity contribution in [2.45, 2.75) is 20.3 Å². The molecule has 0 aliphatic carbocycles. The first kappa shape index (κ1) is 12.7. The largest absolute Gasteiger partial charge is 0.316 e. The molecule has 0 fully saturated rings. The Balaban J connectivity index is 2.37. The highest BCUT2D eigenvalue weighted by Crippen LogP contribution is 2.14. The van der Waals surface area contributed by atoms with Crippen LogP contribution in [-0.2, 0) is 6.42 Å². The fraction of sp³-hybridized carbons (Fsp3) is 0.500. The molecule has 0 amide bonds. The summed E-state index contributed by atoms with van der Waals surface area (Å²) in [6.07, 6.45) is 0.864. The minimum absolute atomic E-state index is 0.178. The van der Waals surface area contributed by atoms with Crippen LogP contribution in [0, 0.1) is 11.7 Å². The summed E-state index contributed by atoms with van der Waals surface area (Å²) in [5.74, 6) is 0.479. The zero-order chi connectivity index (χ0) is 11.3. The van der Waals surface area contributed by atoms with E-state index in [1.165, 1.54) is 6.07 Å². The SMILES string of the molecule is CC(C)CNCCc1cc(F)cc(Br)c1. The van der Waals surface area contributed by atoms with Crippen molar-refractivity contribution in [3.05, 3.63) is 34.1 Å². The quantitative estimate of drug-likeness (QED) is 0.812. The summed E-state index contributed by atoms with van der Waals surface area (Å²) in [4.78, 5) is 0. The van der Waals surface area contributed by atoms with Crippen molar-refractivity contribution in [1.82, 2.24) is 5.32 Å². The lowest BCUT2D eigenvalue weighted by molar-refractivity contribution is 0.553. The van der Waals surface area contributed by atoms with E-state index in [0.29, 0.717) is 5.92 Å². The summed E-state index contributed by atoms with van der Waals surface area (Å²) in [6, 6.07) is 5.02. The van der Waals surface area contributed by atoms with Crippen molar-refractivity contribution < 1.29 is 4.39 Å². The van der Waals surface area contributed by atoms with Crippen LogP contribution in [0.1, 0.15) is 19.4 Å². The van der Waals surface area contributed by atoms with Crippen LogP contribution in [0.5, 0.6) is 0 Å². The summed E-state index contributed by atoms with van der Waals surface area (Å²) in [5, 5.41) is 3.33. The zero-order valence-electron chi connectivity index (χ0n) is 9.19. The zero-order valence-corrected chi connectivity index (χ0v) is 10.8. The number of nitrogens with one attached hydrogen (secondary N) is 1. The third kappa shape index (κ3) is 5.28. The second-order valence-corrected chi connectivity index (χ2v) is 5.04. The highest BCUT2D eigenvalue weighted by molar-refractivity contribution is 9.10. The standard InChI is InChI=1S/C12H17BrFN/c1-9(2)8-15-4-3-10-5-11(13)7-12(14)6-10/h5-7,9,15H,3-4,8H2,1-2H3. The van der Waals surface area contributed by atoms with Crippen molar-refractivity contribution in [2.75, 3.05) is 13.1 Å². The van der Waals surface area contributed by atoms with Crippen LogP contribution < -0.4 is 5.32 Å². The molecule has 0 bridgehead atoms. The summed E-state index contributed by atoms with van der Waals surface area (Å²) < 4.78 is 13.8.